The van der Waals surface area contributed by atoms with Crippen LogP contribution in [0.4, 0.5) is 0 Å². The quantitative estimate of drug-likeness (QED) is 0.124. The molecule has 0 aliphatic carbocycles. The minimum atomic E-state index is -1.51. The number of esters is 2. The summed E-state index contributed by atoms with van der Waals surface area (Å²) in [4.78, 5) is 132. The zero-order valence-corrected chi connectivity index (χ0v) is 50.2. The molecule has 20 heteroatoms. The van der Waals surface area contributed by atoms with Crippen LogP contribution in [-0.2, 0) is 71.9 Å². The van der Waals surface area contributed by atoms with E-state index in [1.807, 2.05) is 72.8 Å². The molecule has 0 saturated carbocycles. The van der Waals surface area contributed by atoms with E-state index in [0.717, 1.165) is 32.4 Å². The van der Waals surface area contributed by atoms with E-state index in [1.165, 1.54) is 75.9 Å². The second-order valence-electron chi connectivity index (χ2n) is 22.4. The molecule has 0 spiro atoms. The lowest BCUT2D eigenvalue weighted by Gasteiger charge is -2.36. The van der Waals surface area contributed by atoms with Gasteiger partial charge in [-0.2, -0.15) is 0 Å². The van der Waals surface area contributed by atoms with E-state index >= 15 is 0 Å². The summed E-state index contributed by atoms with van der Waals surface area (Å²) in [5.41, 5.74) is 1.31. The lowest BCUT2D eigenvalue weighted by Crippen LogP contribution is -2.58. The summed E-state index contributed by atoms with van der Waals surface area (Å²) >= 11 is 0. The van der Waals surface area contributed by atoms with E-state index in [9.17, 15) is 43.2 Å². The number of piperidine rings is 1. The number of aryl methyl sites for hydroxylation is 1. The molecule has 2 aliphatic heterocycles. The third-order valence-corrected chi connectivity index (χ3v) is 15.5. The van der Waals surface area contributed by atoms with Gasteiger partial charge in [-0.05, 0) is 117 Å². The number of hydrogen-bond donors (Lipinski definition) is 2. The molecule has 1 saturated heterocycles. The van der Waals surface area contributed by atoms with Crippen molar-refractivity contribution in [2.24, 2.45) is 5.41 Å². The number of nitrogens with one attached hydrogen (secondary N) is 2. The Balaban J connectivity index is 1.16. The Morgan fingerprint density at radius 1 is 0.674 bits per heavy atom. The molecule has 86 heavy (non-hydrogen) atoms. The summed E-state index contributed by atoms with van der Waals surface area (Å²) in [6.45, 7) is 3.21. The summed E-state index contributed by atoms with van der Waals surface area (Å²) in [6.07, 6.45) is 4.02. The Labute approximate surface area is 502 Å². The van der Waals surface area contributed by atoms with Gasteiger partial charge in [0.25, 0.3) is 11.8 Å². The zero-order chi connectivity index (χ0) is 62.1. The first kappa shape index (κ1) is 64.5. The fourth-order valence-electron chi connectivity index (χ4n) is 10.4. The molecule has 2 N–H and O–H groups in total. The molecule has 6 amide bonds. The number of ether oxygens (including phenoxy) is 5. The number of amides is 6. The van der Waals surface area contributed by atoms with E-state index in [0.29, 0.717) is 36.3 Å². The van der Waals surface area contributed by atoms with E-state index in [2.05, 4.69) is 10.6 Å². The first-order valence-corrected chi connectivity index (χ1v) is 28.9. The molecule has 2 bridgehead atoms. The van der Waals surface area contributed by atoms with Crippen LogP contribution in [0.3, 0.4) is 0 Å². The van der Waals surface area contributed by atoms with Crippen LogP contribution in [0.15, 0.2) is 127 Å². The van der Waals surface area contributed by atoms with Gasteiger partial charge >= 0.3 is 11.9 Å². The number of fused-ring (bicyclic) bond motifs is 4. The van der Waals surface area contributed by atoms with Gasteiger partial charge < -0.3 is 53.9 Å². The number of likely N-dealkylation sites (N-methyl/N-ethyl adjacent to an activating group) is 3. The van der Waals surface area contributed by atoms with Crippen LogP contribution in [0.2, 0.25) is 0 Å². The SMILES string of the molecule is COc1ccc(CC[C@H]2OC(=O)[C@@H]3CCCCN3C(=O)C(=O)C(C)(C)COC(=O)C=CCCN(C)C(=O)[C@H](Cc3ccc4ccccc4c3)NC(=O)[C@H](Cc3ccccc3)N(C)C(=O)[C@@H](C)NC(=O)CN(C)C(=O)COc3cccc2c3)cc1OC. The molecule has 5 aromatic carbocycles. The molecule has 0 radical (unpaired) electrons. The van der Waals surface area contributed by atoms with Gasteiger partial charge in [-0.1, -0.05) is 97.1 Å². The molecule has 0 unspecified atom stereocenters. The van der Waals surface area contributed by atoms with Crippen molar-refractivity contribution >= 4 is 63.9 Å². The summed E-state index contributed by atoms with van der Waals surface area (Å²) in [5.74, 6) is -5.00. The first-order valence-electron chi connectivity index (χ1n) is 28.9. The van der Waals surface area contributed by atoms with Gasteiger partial charge in [0.1, 0.15) is 42.6 Å². The van der Waals surface area contributed by atoms with Crippen molar-refractivity contribution in [3.8, 4) is 17.2 Å². The van der Waals surface area contributed by atoms with E-state index in [4.69, 9.17) is 23.7 Å². The first-order chi connectivity index (χ1) is 41.2. The Morgan fingerprint density at radius 3 is 2.14 bits per heavy atom. The maximum Gasteiger partial charge on any atom is 0.330 e. The fourth-order valence-corrected chi connectivity index (χ4v) is 10.4. The number of rotatable bonds is 9. The van der Waals surface area contributed by atoms with Crippen LogP contribution in [0.1, 0.15) is 81.2 Å². The number of ketones is 1. The number of hydrogen-bond acceptors (Lipinski definition) is 14. The van der Waals surface area contributed by atoms with Gasteiger partial charge in [0, 0.05) is 53.2 Å². The number of carbonyl (C=O) groups is 9. The van der Waals surface area contributed by atoms with Crippen molar-refractivity contribution in [3.63, 3.8) is 0 Å². The summed E-state index contributed by atoms with van der Waals surface area (Å²) in [5, 5.41) is 7.54. The molecule has 5 atom stereocenters. The lowest BCUT2D eigenvalue weighted by atomic mass is 9.87. The van der Waals surface area contributed by atoms with Crippen molar-refractivity contribution < 1.29 is 66.8 Å². The molecule has 20 nitrogen and oxygen atoms in total. The normalized spacial score (nSPS) is 21.5. The molecule has 1 fully saturated rings. The summed E-state index contributed by atoms with van der Waals surface area (Å²) in [6, 6.07) is 30.0. The molecule has 456 valence electrons. The van der Waals surface area contributed by atoms with E-state index in [1.54, 1.807) is 49.5 Å². The molecule has 0 aromatic heterocycles. The predicted molar refractivity (Wildman–Crippen MR) is 321 cm³/mol. The molecule has 2 heterocycles. The minimum Gasteiger partial charge on any atom is -0.493 e. The number of cyclic esters (lactones) is 2. The highest BCUT2D eigenvalue weighted by Crippen LogP contribution is 2.33. The van der Waals surface area contributed by atoms with Crippen LogP contribution in [0.5, 0.6) is 17.2 Å². The van der Waals surface area contributed by atoms with Crippen molar-refractivity contribution in [1.29, 1.82) is 0 Å². The second kappa shape index (κ2) is 30.1. The number of carbonyl (C=O) groups excluding carboxylic acids is 9. The van der Waals surface area contributed by atoms with Crippen LogP contribution in [0.25, 0.3) is 10.8 Å². The third-order valence-electron chi connectivity index (χ3n) is 15.5. The monoisotopic (exact) mass is 1180 g/mol. The number of benzene rings is 5. The minimum absolute atomic E-state index is 0.0506. The average Bonchev–Trinajstić information content (AvgIpc) is 3.55. The van der Waals surface area contributed by atoms with Crippen molar-refractivity contribution in [1.82, 2.24) is 30.2 Å². The molecular weight excluding hydrogens is 1100 g/mol. The molecule has 2 aliphatic rings. The third kappa shape index (κ3) is 17.3. The Kier molecular flexibility index (Phi) is 22.6. The zero-order valence-electron chi connectivity index (χ0n) is 50.2. The van der Waals surface area contributed by atoms with Gasteiger partial charge in [0.2, 0.25) is 29.4 Å². The number of Topliss-reactive ketones (excluding diaryl/α,β-unsaturated/α-hetero) is 1. The van der Waals surface area contributed by atoms with Crippen molar-refractivity contribution in [3.05, 3.63) is 150 Å². The van der Waals surface area contributed by atoms with Gasteiger partial charge in [0.15, 0.2) is 18.1 Å². The lowest BCUT2D eigenvalue weighted by molar-refractivity contribution is -0.165. The maximum atomic E-state index is 14.7. The molecule has 7 rings (SSSR count). The Bertz CT molecular complexity index is 3290. The van der Waals surface area contributed by atoms with Crippen LogP contribution < -0.4 is 24.8 Å². The average molecular weight is 1180 g/mol. The molecule has 5 aromatic rings. The maximum absolute atomic E-state index is 14.7. The van der Waals surface area contributed by atoms with Crippen LogP contribution in [0, 0.1) is 5.41 Å². The van der Waals surface area contributed by atoms with Gasteiger partial charge in [-0.3, -0.25) is 33.6 Å². The van der Waals surface area contributed by atoms with Gasteiger partial charge in [0.05, 0.1) is 26.2 Å². The highest BCUT2D eigenvalue weighted by molar-refractivity contribution is 6.38. The predicted octanol–water partition coefficient (Wildman–Crippen LogP) is 6.15. The highest BCUT2D eigenvalue weighted by Gasteiger charge is 2.43. The smallest absolute Gasteiger partial charge is 0.330 e. The van der Waals surface area contributed by atoms with E-state index in [-0.39, 0.29) is 50.9 Å². The number of methoxy groups -OCH3 is 2. The van der Waals surface area contributed by atoms with Gasteiger partial charge in [-0.15, -0.1) is 0 Å². The topological polar surface area (TPSA) is 237 Å². The van der Waals surface area contributed by atoms with Crippen LogP contribution >= 0.6 is 0 Å². The fraction of sp³-hybridized carbons (Fsp3) is 0.409. The standard InChI is InChI=1S/C66H78N6O14/c1-43-62(78)71(6)53(37-44-19-10-9-11-20-44)61(77)68-51(36-46-27-30-47-21-12-13-22-48(47)35-46)63(79)69(4)33-16-15-26-59(75)85-42-66(2,3)60(76)64(80)72-34-17-14-25-52(72)65(81)86-54(31-28-45-29-32-55(82-7)56(38-45)83-8)49-23-18-24-50(39-49)84-41-58(74)70(5)40-57(73)67-43/h9-13,15,18-24,26-27,29-30,32,35,38-39,43,51-54H,14,16-17,25,28,31,33-34,36-37,40-42H2,1-8H3,(H,67,73)(H,68,77)/t43-,51+,52+,53+,54-/m1/s1. The second-order valence-corrected chi connectivity index (χ2v) is 22.4. The van der Waals surface area contributed by atoms with Crippen LogP contribution in [-0.4, -0.2) is 165 Å². The molecular formula is C66H78N6O14. The largest absolute Gasteiger partial charge is 0.493 e. The Hall–Kier alpha value is -9.07. The van der Waals surface area contributed by atoms with E-state index < -0.39 is 109 Å². The Morgan fingerprint density at radius 2 is 1.40 bits per heavy atom. The van der Waals surface area contributed by atoms with Crippen molar-refractivity contribution in [2.45, 2.75) is 102 Å². The van der Waals surface area contributed by atoms with Gasteiger partial charge in [-0.25, -0.2) is 9.59 Å². The van der Waals surface area contributed by atoms with Crippen molar-refractivity contribution in [2.75, 3.05) is 68.2 Å². The summed E-state index contributed by atoms with van der Waals surface area (Å²) in [7, 11) is 7.48. The number of nitrogens with zero attached hydrogens (tertiary/aromatic N) is 4. The highest BCUT2D eigenvalue weighted by atomic mass is 16.5. The summed E-state index contributed by atoms with van der Waals surface area (Å²) < 4.78 is 28.7.